The van der Waals surface area contributed by atoms with Crippen molar-refractivity contribution in [1.82, 2.24) is 15.0 Å². The van der Waals surface area contributed by atoms with E-state index in [-0.39, 0.29) is 5.56 Å². The summed E-state index contributed by atoms with van der Waals surface area (Å²) in [6.45, 7) is 0. The molecule has 0 aliphatic carbocycles. The summed E-state index contributed by atoms with van der Waals surface area (Å²) in [5.41, 5.74) is -0.165. The van der Waals surface area contributed by atoms with Gasteiger partial charge in [-0.05, 0) is 23.9 Å². The Hall–Kier alpha value is -1.82. The number of nitrogens with zero attached hydrogens (tertiary/aromatic N) is 2. The maximum absolute atomic E-state index is 11.1. The molecule has 0 saturated carbocycles. The summed E-state index contributed by atoms with van der Waals surface area (Å²) < 4.78 is 0. The second kappa shape index (κ2) is 4.80. The third kappa shape index (κ3) is 2.60. The van der Waals surface area contributed by atoms with Crippen molar-refractivity contribution in [2.24, 2.45) is 0 Å². The molecular formula is C10H10N4OS. The average Bonchev–Trinajstić information content (AvgIpc) is 2.29. The van der Waals surface area contributed by atoms with Crippen LogP contribution in [0.3, 0.4) is 0 Å². The zero-order valence-corrected chi connectivity index (χ0v) is 9.41. The summed E-state index contributed by atoms with van der Waals surface area (Å²) in [6.07, 6.45) is 1.48. The molecule has 0 aliphatic rings. The molecule has 0 atom stereocenters. The SMILES string of the molecule is CNc1cccc(Sc2nccc(=O)[nH]2)n1. The number of aromatic amines is 1. The first-order valence-corrected chi connectivity index (χ1v) is 5.47. The second-order valence-corrected chi connectivity index (χ2v) is 3.96. The monoisotopic (exact) mass is 234 g/mol. The first kappa shape index (κ1) is 10.7. The van der Waals surface area contributed by atoms with Gasteiger partial charge in [0.2, 0.25) is 0 Å². The van der Waals surface area contributed by atoms with E-state index >= 15 is 0 Å². The van der Waals surface area contributed by atoms with Crippen LogP contribution >= 0.6 is 11.8 Å². The minimum absolute atomic E-state index is 0.165. The van der Waals surface area contributed by atoms with Gasteiger partial charge in [0.1, 0.15) is 10.8 Å². The molecule has 2 heterocycles. The van der Waals surface area contributed by atoms with E-state index in [0.29, 0.717) is 5.16 Å². The Morgan fingerprint density at radius 2 is 2.25 bits per heavy atom. The zero-order chi connectivity index (χ0) is 11.4. The number of hydrogen-bond donors (Lipinski definition) is 2. The van der Waals surface area contributed by atoms with Gasteiger partial charge in [-0.2, -0.15) is 0 Å². The van der Waals surface area contributed by atoms with E-state index in [4.69, 9.17) is 0 Å². The molecule has 2 rings (SSSR count). The lowest BCUT2D eigenvalue weighted by atomic mass is 10.5. The van der Waals surface area contributed by atoms with Crippen LogP contribution in [-0.2, 0) is 0 Å². The molecule has 82 valence electrons. The molecule has 0 fully saturated rings. The molecule has 0 aliphatic heterocycles. The van der Waals surface area contributed by atoms with Crippen LogP contribution in [-0.4, -0.2) is 22.0 Å². The number of rotatable bonds is 3. The van der Waals surface area contributed by atoms with E-state index in [1.165, 1.54) is 24.0 Å². The van der Waals surface area contributed by atoms with Gasteiger partial charge in [-0.3, -0.25) is 4.79 Å². The van der Waals surface area contributed by atoms with Gasteiger partial charge in [-0.1, -0.05) is 6.07 Å². The Balaban J connectivity index is 2.23. The highest BCUT2D eigenvalue weighted by Gasteiger charge is 2.01. The Kier molecular flexibility index (Phi) is 3.21. The van der Waals surface area contributed by atoms with Crippen molar-refractivity contribution in [3.63, 3.8) is 0 Å². The summed E-state index contributed by atoms with van der Waals surface area (Å²) >= 11 is 1.31. The third-order valence-corrected chi connectivity index (χ3v) is 2.67. The van der Waals surface area contributed by atoms with E-state index in [1.807, 2.05) is 18.2 Å². The molecule has 0 spiro atoms. The van der Waals surface area contributed by atoms with E-state index in [2.05, 4.69) is 20.3 Å². The Labute approximate surface area is 96.3 Å². The molecule has 0 aromatic carbocycles. The largest absolute Gasteiger partial charge is 0.373 e. The van der Waals surface area contributed by atoms with Gasteiger partial charge in [0.15, 0.2) is 5.16 Å². The summed E-state index contributed by atoms with van der Waals surface area (Å²) in [7, 11) is 1.80. The first-order chi connectivity index (χ1) is 7.78. The lowest BCUT2D eigenvalue weighted by Crippen LogP contribution is -2.05. The molecule has 0 amide bonds. The Morgan fingerprint density at radius 3 is 3.00 bits per heavy atom. The fourth-order valence-corrected chi connectivity index (χ4v) is 1.87. The predicted molar refractivity (Wildman–Crippen MR) is 62.8 cm³/mol. The molecule has 2 aromatic heterocycles. The van der Waals surface area contributed by atoms with Crippen LogP contribution in [0.4, 0.5) is 5.82 Å². The van der Waals surface area contributed by atoms with E-state index in [0.717, 1.165) is 10.8 Å². The molecule has 2 N–H and O–H groups in total. The van der Waals surface area contributed by atoms with E-state index in [1.54, 1.807) is 7.05 Å². The van der Waals surface area contributed by atoms with Crippen molar-refractivity contribution in [3.05, 3.63) is 40.8 Å². The first-order valence-electron chi connectivity index (χ1n) is 4.66. The van der Waals surface area contributed by atoms with Gasteiger partial charge in [-0.25, -0.2) is 9.97 Å². The van der Waals surface area contributed by atoms with Crippen LogP contribution in [0.5, 0.6) is 0 Å². The van der Waals surface area contributed by atoms with Crippen LogP contribution in [0, 0.1) is 0 Å². The van der Waals surface area contributed by atoms with Gasteiger partial charge in [0.05, 0.1) is 0 Å². The number of H-pyrrole nitrogens is 1. The standard InChI is InChI=1S/C10H10N4OS/c1-11-7-3-2-4-9(13-7)16-10-12-6-5-8(15)14-10/h2-6H,1H3,(H,11,13)(H,12,14,15). The fraction of sp³-hybridized carbons (Fsp3) is 0.100. The summed E-state index contributed by atoms with van der Waals surface area (Å²) in [5.74, 6) is 0.781. The second-order valence-electron chi connectivity index (χ2n) is 2.95. The maximum atomic E-state index is 11.1. The van der Waals surface area contributed by atoms with Gasteiger partial charge >= 0.3 is 0 Å². The van der Waals surface area contributed by atoms with Crippen molar-refractivity contribution in [3.8, 4) is 0 Å². The molecule has 0 saturated heterocycles. The molecular weight excluding hydrogens is 224 g/mol. The van der Waals surface area contributed by atoms with Crippen LogP contribution in [0.15, 0.2) is 45.4 Å². The fourth-order valence-electron chi connectivity index (χ4n) is 1.11. The maximum Gasteiger partial charge on any atom is 0.251 e. The Bertz CT molecular complexity index is 540. The van der Waals surface area contributed by atoms with Gasteiger partial charge in [0, 0.05) is 19.3 Å². The average molecular weight is 234 g/mol. The number of anilines is 1. The third-order valence-electron chi connectivity index (χ3n) is 1.83. The van der Waals surface area contributed by atoms with Crippen LogP contribution in [0.2, 0.25) is 0 Å². The predicted octanol–water partition coefficient (Wildman–Crippen LogP) is 1.36. The molecule has 6 heteroatoms. The number of aromatic nitrogens is 3. The highest BCUT2D eigenvalue weighted by atomic mass is 32.2. The Morgan fingerprint density at radius 1 is 1.38 bits per heavy atom. The van der Waals surface area contributed by atoms with Crippen molar-refractivity contribution in [2.45, 2.75) is 10.2 Å². The molecule has 0 radical (unpaired) electrons. The van der Waals surface area contributed by atoms with Crippen LogP contribution in [0.25, 0.3) is 0 Å². The van der Waals surface area contributed by atoms with Gasteiger partial charge < -0.3 is 10.3 Å². The minimum atomic E-state index is -0.165. The molecule has 2 aromatic rings. The smallest absolute Gasteiger partial charge is 0.251 e. The van der Waals surface area contributed by atoms with Crippen molar-refractivity contribution in [1.29, 1.82) is 0 Å². The summed E-state index contributed by atoms with van der Waals surface area (Å²) in [4.78, 5) is 22.0. The number of nitrogens with one attached hydrogen (secondary N) is 2. The topological polar surface area (TPSA) is 70.7 Å². The highest BCUT2D eigenvalue weighted by molar-refractivity contribution is 7.99. The van der Waals surface area contributed by atoms with Gasteiger partial charge in [-0.15, -0.1) is 0 Å². The van der Waals surface area contributed by atoms with E-state index < -0.39 is 0 Å². The lowest BCUT2D eigenvalue weighted by molar-refractivity contribution is 0.932. The van der Waals surface area contributed by atoms with E-state index in [9.17, 15) is 4.79 Å². The molecule has 0 bridgehead atoms. The van der Waals surface area contributed by atoms with Crippen molar-refractivity contribution >= 4 is 17.6 Å². The zero-order valence-electron chi connectivity index (χ0n) is 8.60. The van der Waals surface area contributed by atoms with Gasteiger partial charge in [0.25, 0.3) is 5.56 Å². The van der Waals surface area contributed by atoms with Crippen molar-refractivity contribution in [2.75, 3.05) is 12.4 Å². The molecule has 16 heavy (non-hydrogen) atoms. The molecule has 0 unspecified atom stereocenters. The minimum Gasteiger partial charge on any atom is -0.373 e. The van der Waals surface area contributed by atoms with Crippen LogP contribution < -0.4 is 10.9 Å². The van der Waals surface area contributed by atoms with Crippen LogP contribution in [0.1, 0.15) is 0 Å². The normalized spacial score (nSPS) is 10.1. The number of hydrogen-bond acceptors (Lipinski definition) is 5. The molecule has 5 nitrogen and oxygen atoms in total. The summed E-state index contributed by atoms with van der Waals surface area (Å²) in [5, 5.41) is 4.26. The van der Waals surface area contributed by atoms with Crippen molar-refractivity contribution < 1.29 is 0 Å². The lowest BCUT2D eigenvalue weighted by Gasteiger charge is -2.02. The summed E-state index contributed by atoms with van der Waals surface area (Å²) in [6, 6.07) is 6.99. The highest BCUT2D eigenvalue weighted by Crippen LogP contribution is 2.22. The quantitative estimate of drug-likeness (QED) is 0.785. The number of pyridine rings is 1.